The van der Waals surface area contributed by atoms with Gasteiger partial charge in [-0.3, -0.25) is 4.79 Å². The van der Waals surface area contributed by atoms with Crippen molar-refractivity contribution >= 4 is 17.8 Å². The molecule has 4 aromatic heterocycles. The third-order valence-electron chi connectivity index (χ3n) is 6.24. The van der Waals surface area contributed by atoms with E-state index < -0.39 is 11.9 Å². The van der Waals surface area contributed by atoms with Crippen molar-refractivity contribution in [2.24, 2.45) is 0 Å². The van der Waals surface area contributed by atoms with Crippen LogP contribution in [0.3, 0.4) is 0 Å². The van der Waals surface area contributed by atoms with Gasteiger partial charge in [-0.1, -0.05) is 0 Å². The summed E-state index contributed by atoms with van der Waals surface area (Å²) in [6.07, 6.45) is 5.91. The van der Waals surface area contributed by atoms with E-state index in [9.17, 15) is 18.0 Å². The van der Waals surface area contributed by atoms with Crippen molar-refractivity contribution in [3.8, 4) is 22.6 Å². The van der Waals surface area contributed by atoms with Crippen molar-refractivity contribution in [1.29, 1.82) is 0 Å². The number of imidazole rings is 2. The minimum Gasteiger partial charge on any atom is -0.381 e. The molecule has 6 rings (SSSR count). The van der Waals surface area contributed by atoms with Crippen LogP contribution in [0.15, 0.2) is 61.1 Å². The molecule has 1 aromatic carbocycles. The summed E-state index contributed by atoms with van der Waals surface area (Å²) in [5, 5.41) is 7.83. The smallest absolute Gasteiger partial charge is 0.216 e. The summed E-state index contributed by atoms with van der Waals surface area (Å²) in [6, 6.07) is 12.3. The number of ether oxygens (including phenoxy) is 1. The van der Waals surface area contributed by atoms with Gasteiger partial charge in [-0.15, -0.1) is 0 Å². The maximum atomic E-state index is 13.5. The molecular weight excluding hydrogens is 511 g/mol. The molecule has 12 heteroatoms. The lowest BCUT2D eigenvalue weighted by molar-refractivity contribution is 0.0699. The third-order valence-corrected chi connectivity index (χ3v) is 6.24. The standard InChI is InChI=1S/C21H21FN6O.C6H3F2NO/c1-23-18-12-28-19(25-18)7-6-17(26-28)21-20(14-2-4-15(22)5-3-14)24-13-27(21)16-8-10-29-11-9-16;7-5-1-4(3-10)2-6(8)9-5/h2-7,12-13,16,23H,8-11H2,1H3;1-3H. The molecule has 39 heavy (non-hydrogen) atoms. The second-order valence-corrected chi connectivity index (χ2v) is 8.76. The van der Waals surface area contributed by atoms with Crippen LogP contribution in [0.2, 0.25) is 0 Å². The van der Waals surface area contributed by atoms with Crippen molar-refractivity contribution in [3.63, 3.8) is 0 Å². The van der Waals surface area contributed by atoms with Crippen molar-refractivity contribution in [1.82, 2.24) is 29.1 Å². The predicted molar refractivity (Wildman–Crippen MR) is 138 cm³/mol. The Labute approximate surface area is 221 Å². The molecule has 5 aromatic rings. The highest BCUT2D eigenvalue weighted by atomic mass is 19.1. The van der Waals surface area contributed by atoms with Crippen LogP contribution in [0, 0.1) is 17.7 Å². The Bertz CT molecular complexity index is 1580. The Balaban J connectivity index is 0.000000261. The second-order valence-electron chi connectivity index (χ2n) is 8.76. The number of pyridine rings is 1. The molecule has 1 aliphatic rings. The molecule has 200 valence electrons. The lowest BCUT2D eigenvalue weighted by atomic mass is 10.1. The van der Waals surface area contributed by atoms with E-state index in [0.717, 1.165) is 72.3 Å². The lowest BCUT2D eigenvalue weighted by Crippen LogP contribution is -2.20. The van der Waals surface area contributed by atoms with Crippen molar-refractivity contribution in [3.05, 3.63) is 84.3 Å². The van der Waals surface area contributed by atoms with Crippen molar-refractivity contribution in [2.75, 3.05) is 25.6 Å². The van der Waals surface area contributed by atoms with E-state index in [1.807, 2.05) is 31.7 Å². The van der Waals surface area contributed by atoms with Gasteiger partial charge in [0.15, 0.2) is 5.65 Å². The molecule has 1 saturated heterocycles. The average Bonchev–Trinajstić information content (AvgIpc) is 3.58. The number of aromatic nitrogens is 6. The predicted octanol–water partition coefficient (Wildman–Crippen LogP) is 4.96. The molecule has 0 bridgehead atoms. The van der Waals surface area contributed by atoms with Gasteiger partial charge in [0.25, 0.3) is 0 Å². The summed E-state index contributed by atoms with van der Waals surface area (Å²) >= 11 is 0. The maximum Gasteiger partial charge on any atom is 0.216 e. The maximum absolute atomic E-state index is 13.5. The molecule has 9 nitrogen and oxygen atoms in total. The Morgan fingerprint density at radius 1 is 1.00 bits per heavy atom. The Morgan fingerprint density at radius 2 is 1.72 bits per heavy atom. The zero-order chi connectivity index (χ0) is 27.4. The lowest BCUT2D eigenvalue weighted by Gasteiger charge is -2.25. The number of fused-ring (bicyclic) bond motifs is 1. The number of carbonyl (C=O) groups is 1. The summed E-state index contributed by atoms with van der Waals surface area (Å²) in [6.45, 7) is 1.46. The first-order valence-electron chi connectivity index (χ1n) is 12.2. The molecule has 0 unspecified atom stereocenters. The summed E-state index contributed by atoms with van der Waals surface area (Å²) in [7, 11) is 1.83. The van der Waals surface area contributed by atoms with Crippen LogP contribution >= 0.6 is 0 Å². The molecule has 0 saturated carbocycles. The number of hydrogen-bond acceptors (Lipinski definition) is 7. The zero-order valence-electron chi connectivity index (χ0n) is 20.9. The van der Waals surface area contributed by atoms with Gasteiger partial charge in [-0.05, 0) is 49.2 Å². The fourth-order valence-electron chi connectivity index (χ4n) is 4.35. The Hall–Kier alpha value is -4.58. The molecule has 0 aliphatic carbocycles. The summed E-state index contributed by atoms with van der Waals surface area (Å²) in [5.74, 6) is -1.48. The van der Waals surface area contributed by atoms with Crippen LogP contribution < -0.4 is 5.32 Å². The first-order valence-corrected chi connectivity index (χ1v) is 12.2. The minimum absolute atomic E-state index is 0.0509. The van der Waals surface area contributed by atoms with E-state index in [1.54, 1.807) is 16.6 Å². The number of rotatable bonds is 5. The zero-order valence-corrected chi connectivity index (χ0v) is 20.9. The molecule has 1 fully saturated rings. The van der Waals surface area contributed by atoms with Gasteiger partial charge in [-0.2, -0.15) is 18.9 Å². The van der Waals surface area contributed by atoms with E-state index in [0.29, 0.717) is 6.29 Å². The number of aldehydes is 1. The molecule has 1 aliphatic heterocycles. The summed E-state index contributed by atoms with van der Waals surface area (Å²) < 4.78 is 47.2. The highest BCUT2D eigenvalue weighted by Gasteiger charge is 2.24. The number of halogens is 3. The third kappa shape index (κ3) is 5.80. The molecule has 5 heterocycles. The van der Waals surface area contributed by atoms with E-state index >= 15 is 0 Å². The van der Waals surface area contributed by atoms with Crippen LogP contribution in [0.1, 0.15) is 29.2 Å². The molecule has 0 radical (unpaired) electrons. The SMILES string of the molecule is CNc1cn2nc(-c3c(-c4ccc(F)cc4)ncn3C3CCOCC3)ccc2n1.O=Cc1cc(F)nc(F)c1. The van der Waals surface area contributed by atoms with Gasteiger partial charge in [0.1, 0.15) is 23.6 Å². The molecular formula is C27H24F3N7O2. The number of hydrogen-bond donors (Lipinski definition) is 1. The Kier molecular flexibility index (Phi) is 7.64. The fraction of sp³-hybridized carbons (Fsp3) is 0.222. The van der Waals surface area contributed by atoms with Crippen LogP contribution in [-0.2, 0) is 4.74 Å². The second kappa shape index (κ2) is 11.4. The summed E-state index contributed by atoms with van der Waals surface area (Å²) in [4.78, 5) is 21.9. The van der Waals surface area contributed by atoms with Crippen molar-refractivity contribution in [2.45, 2.75) is 18.9 Å². The number of benzene rings is 1. The summed E-state index contributed by atoms with van der Waals surface area (Å²) in [5.41, 5.74) is 4.07. The molecule has 0 amide bonds. The van der Waals surface area contributed by atoms with Crippen LogP contribution in [-0.4, -0.2) is 55.7 Å². The van der Waals surface area contributed by atoms with Gasteiger partial charge in [0.05, 0.1) is 23.9 Å². The van der Waals surface area contributed by atoms with E-state index in [1.165, 1.54) is 12.1 Å². The van der Waals surface area contributed by atoms with Crippen LogP contribution in [0.5, 0.6) is 0 Å². The normalized spacial score (nSPS) is 13.6. The first kappa shape index (κ1) is 26.0. The van der Waals surface area contributed by atoms with Gasteiger partial charge in [0.2, 0.25) is 11.9 Å². The first-order chi connectivity index (χ1) is 18.9. The van der Waals surface area contributed by atoms with Crippen LogP contribution in [0.4, 0.5) is 19.0 Å². The topological polar surface area (TPSA) is 99.2 Å². The highest BCUT2D eigenvalue weighted by Crippen LogP contribution is 2.35. The molecule has 0 atom stereocenters. The quantitative estimate of drug-likeness (QED) is 0.251. The number of nitrogens with zero attached hydrogens (tertiary/aromatic N) is 6. The molecule has 1 N–H and O–H groups in total. The number of nitrogens with one attached hydrogen (secondary N) is 1. The highest BCUT2D eigenvalue weighted by molar-refractivity contribution is 5.77. The monoisotopic (exact) mass is 535 g/mol. The minimum atomic E-state index is -0.984. The van der Waals surface area contributed by atoms with Gasteiger partial charge >= 0.3 is 0 Å². The van der Waals surface area contributed by atoms with Gasteiger partial charge in [-0.25, -0.2) is 18.9 Å². The van der Waals surface area contributed by atoms with Gasteiger partial charge < -0.3 is 14.6 Å². The average molecular weight is 536 g/mol. The van der Waals surface area contributed by atoms with Crippen LogP contribution in [0.25, 0.3) is 28.3 Å². The largest absolute Gasteiger partial charge is 0.381 e. The van der Waals surface area contributed by atoms with Crippen molar-refractivity contribution < 1.29 is 22.7 Å². The van der Waals surface area contributed by atoms with Gasteiger partial charge in [0, 0.05) is 49.6 Å². The number of carbonyl (C=O) groups excluding carboxylic acids is 1. The van der Waals surface area contributed by atoms with E-state index in [-0.39, 0.29) is 17.4 Å². The van der Waals surface area contributed by atoms with E-state index in [2.05, 4.69) is 19.9 Å². The fourth-order valence-corrected chi connectivity index (χ4v) is 4.35. The van der Waals surface area contributed by atoms with E-state index in [4.69, 9.17) is 14.8 Å². The Morgan fingerprint density at radius 3 is 2.38 bits per heavy atom. The number of anilines is 1. The molecule has 0 spiro atoms.